The number of carbonyl (C=O) groups excluding carboxylic acids is 1. The molecule has 0 radical (unpaired) electrons. The van der Waals surface area contributed by atoms with Crippen molar-refractivity contribution in [1.29, 1.82) is 0 Å². The van der Waals surface area contributed by atoms with E-state index in [4.69, 9.17) is 14.2 Å². The molecule has 0 atom stereocenters. The van der Waals surface area contributed by atoms with Gasteiger partial charge in [-0.25, -0.2) is 4.39 Å². The van der Waals surface area contributed by atoms with E-state index >= 15 is 0 Å². The van der Waals surface area contributed by atoms with Gasteiger partial charge in [-0.2, -0.15) is 5.10 Å². The minimum absolute atomic E-state index is 0.145. The van der Waals surface area contributed by atoms with Crippen LogP contribution in [0.15, 0.2) is 48.5 Å². The number of aromatic nitrogens is 2. The summed E-state index contributed by atoms with van der Waals surface area (Å²) in [6.07, 6.45) is 0. The molecule has 2 heterocycles. The molecule has 0 aliphatic carbocycles. The smallest absolute Gasteiger partial charge is 0.272 e. The number of rotatable bonds is 6. The maximum absolute atomic E-state index is 13.1. The number of fused-ring (bicyclic) bond motifs is 1. The molecule has 4 rings (SSSR count). The van der Waals surface area contributed by atoms with Gasteiger partial charge in [0.25, 0.3) is 5.91 Å². The van der Waals surface area contributed by atoms with Crippen LogP contribution in [0.25, 0.3) is 0 Å². The molecule has 0 spiro atoms. The van der Waals surface area contributed by atoms with E-state index in [0.29, 0.717) is 29.5 Å². The first-order valence-electron chi connectivity index (χ1n) is 8.27. The molecule has 0 fully saturated rings. The van der Waals surface area contributed by atoms with Gasteiger partial charge in [-0.1, -0.05) is 12.1 Å². The Morgan fingerprint density at radius 1 is 1.19 bits per heavy atom. The van der Waals surface area contributed by atoms with E-state index in [0.717, 1.165) is 5.56 Å². The minimum atomic E-state index is -0.374. The van der Waals surface area contributed by atoms with Crippen molar-refractivity contribution >= 4 is 5.91 Å². The van der Waals surface area contributed by atoms with E-state index in [9.17, 15) is 9.18 Å². The van der Waals surface area contributed by atoms with Crippen molar-refractivity contribution in [1.82, 2.24) is 15.5 Å². The second kappa shape index (κ2) is 7.36. The lowest BCUT2D eigenvalue weighted by Crippen LogP contribution is -2.23. The van der Waals surface area contributed by atoms with Gasteiger partial charge >= 0.3 is 0 Å². The highest BCUT2D eigenvalue weighted by atomic mass is 19.1. The molecule has 2 aromatic carbocycles. The first-order valence-corrected chi connectivity index (χ1v) is 8.27. The van der Waals surface area contributed by atoms with E-state index in [2.05, 4.69) is 15.5 Å². The van der Waals surface area contributed by atoms with Gasteiger partial charge < -0.3 is 19.5 Å². The number of aromatic amines is 1. The van der Waals surface area contributed by atoms with Crippen molar-refractivity contribution in [2.45, 2.75) is 13.2 Å². The highest BCUT2D eigenvalue weighted by Gasteiger charge is 2.14. The van der Waals surface area contributed by atoms with Gasteiger partial charge in [0.1, 0.15) is 23.9 Å². The molecule has 138 valence electrons. The van der Waals surface area contributed by atoms with E-state index < -0.39 is 0 Å². The van der Waals surface area contributed by atoms with Gasteiger partial charge in [0, 0.05) is 12.6 Å². The molecule has 0 saturated carbocycles. The largest absolute Gasteiger partial charge is 0.487 e. The average molecular weight is 369 g/mol. The lowest BCUT2D eigenvalue weighted by atomic mass is 10.2. The van der Waals surface area contributed by atoms with Crippen LogP contribution < -0.4 is 19.5 Å². The van der Waals surface area contributed by atoms with Crippen molar-refractivity contribution < 1.29 is 23.4 Å². The Bertz CT molecular complexity index is 973. The molecule has 2 N–H and O–H groups in total. The zero-order valence-corrected chi connectivity index (χ0v) is 14.2. The molecule has 0 bridgehead atoms. The number of hydrogen-bond acceptors (Lipinski definition) is 5. The third-order valence-electron chi connectivity index (χ3n) is 3.94. The Hall–Kier alpha value is -3.55. The van der Waals surface area contributed by atoms with Crippen LogP contribution >= 0.6 is 0 Å². The Morgan fingerprint density at radius 3 is 2.96 bits per heavy atom. The molecule has 7 nitrogen and oxygen atoms in total. The average Bonchev–Trinajstić information content (AvgIpc) is 3.33. The lowest BCUT2D eigenvalue weighted by Gasteiger charge is -2.05. The lowest BCUT2D eigenvalue weighted by molar-refractivity contribution is 0.0946. The molecule has 3 aromatic rings. The van der Waals surface area contributed by atoms with Crippen LogP contribution in [0.2, 0.25) is 0 Å². The number of ether oxygens (including phenoxy) is 3. The predicted molar refractivity (Wildman–Crippen MR) is 93.1 cm³/mol. The normalized spacial score (nSPS) is 12.0. The Labute approximate surface area is 154 Å². The topological polar surface area (TPSA) is 85.5 Å². The SMILES string of the molecule is O=C(NCc1ccc2c(c1)OCO2)c1cc(COc2cccc(F)c2)[nH]n1. The molecule has 27 heavy (non-hydrogen) atoms. The van der Waals surface area contributed by atoms with Crippen LogP contribution in [0.1, 0.15) is 21.7 Å². The molecule has 1 aliphatic rings. The highest BCUT2D eigenvalue weighted by molar-refractivity contribution is 5.92. The van der Waals surface area contributed by atoms with Crippen LogP contribution in [-0.2, 0) is 13.2 Å². The van der Waals surface area contributed by atoms with Gasteiger partial charge in [-0.15, -0.1) is 0 Å². The van der Waals surface area contributed by atoms with Crippen LogP contribution in [0.3, 0.4) is 0 Å². The van der Waals surface area contributed by atoms with Crippen molar-refractivity contribution in [3.63, 3.8) is 0 Å². The zero-order valence-electron chi connectivity index (χ0n) is 14.2. The maximum Gasteiger partial charge on any atom is 0.272 e. The molecule has 8 heteroatoms. The molecule has 0 saturated heterocycles. The number of amides is 1. The van der Waals surface area contributed by atoms with E-state index in [1.54, 1.807) is 24.3 Å². The van der Waals surface area contributed by atoms with Gasteiger partial charge in [-0.3, -0.25) is 9.89 Å². The Morgan fingerprint density at radius 2 is 2.07 bits per heavy atom. The van der Waals surface area contributed by atoms with Crippen LogP contribution in [0.5, 0.6) is 17.2 Å². The predicted octanol–water partition coefficient (Wildman–Crippen LogP) is 2.79. The molecule has 1 aliphatic heterocycles. The molecule has 1 amide bonds. The maximum atomic E-state index is 13.1. The first-order chi connectivity index (χ1) is 13.2. The van der Waals surface area contributed by atoms with E-state index in [-0.39, 0.29) is 30.8 Å². The molecule has 1 aromatic heterocycles. The fraction of sp³-hybridized carbons (Fsp3) is 0.158. The van der Waals surface area contributed by atoms with Crippen LogP contribution in [-0.4, -0.2) is 22.9 Å². The van der Waals surface area contributed by atoms with Gasteiger partial charge in [0.2, 0.25) is 6.79 Å². The highest BCUT2D eigenvalue weighted by Crippen LogP contribution is 2.32. The second-order valence-corrected chi connectivity index (χ2v) is 5.89. The van der Waals surface area contributed by atoms with Gasteiger partial charge in [0.15, 0.2) is 11.5 Å². The summed E-state index contributed by atoms with van der Waals surface area (Å²) in [5.41, 5.74) is 1.74. The third kappa shape index (κ3) is 4.00. The molecular weight excluding hydrogens is 353 g/mol. The number of nitrogens with zero attached hydrogens (tertiary/aromatic N) is 1. The molecule has 0 unspecified atom stereocenters. The summed E-state index contributed by atoms with van der Waals surface area (Å²) in [5.74, 6) is 1.07. The molecular formula is C19H16FN3O4. The summed E-state index contributed by atoms with van der Waals surface area (Å²) in [4.78, 5) is 12.2. The number of H-pyrrole nitrogens is 1. The van der Waals surface area contributed by atoms with Crippen LogP contribution in [0, 0.1) is 5.82 Å². The number of carbonyl (C=O) groups is 1. The van der Waals surface area contributed by atoms with Gasteiger partial charge in [-0.05, 0) is 35.9 Å². The number of halogens is 1. The Kier molecular flexibility index (Phi) is 4.61. The minimum Gasteiger partial charge on any atom is -0.487 e. The van der Waals surface area contributed by atoms with Crippen molar-refractivity contribution in [2.75, 3.05) is 6.79 Å². The van der Waals surface area contributed by atoms with Gasteiger partial charge in [0.05, 0.1) is 5.69 Å². The number of nitrogens with one attached hydrogen (secondary N) is 2. The van der Waals surface area contributed by atoms with E-state index in [1.807, 2.05) is 12.1 Å². The van der Waals surface area contributed by atoms with Crippen molar-refractivity contribution in [2.24, 2.45) is 0 Å². The summed E-state index contributed by atoms with van der Waals surface area (Å²) >= 11 is 0. The third-order valence-corrected chi connectivity index (χ3v) is 3.94. The zero-order chi connectivity index (χ0) is 18.6. The van der Waals surface area contributed by atoms with Crippen molar-refractivity contribution in [3.8, 4) is 17.2 Å². The summed E-state index contributed by atoms with van der Waals surface area (Å²) < 4.78 is 29.2. The number of benzene rings is 2. The first kappa shape index (κ1) is 16.9. The van der Waals surface area contributed by atoms with Crippen LogP contribution in [0.4, 0.5) is 4.39 Å². The summed E-state index contributed by atoms with van der Waals surface area (Å²) in [6.45, 7) is 0.683. The summed E-state index contributed by atoms with van der Waals surface area (Å²) in [5, 5.41) is 9.51. The fourth-order valence-corrected chi connectivity index (χ4v) is 2.59. The monoisotopic (exact) mass is 369 g/mol. The Balaban J connectivity index is 1.32. The van der Waals surface area contributed by atoms with Crippen molar-refractivity contribution in [3.05, 3.63) is 71.3 Å². The quantitative estimate of drug-likeness (QED) is 0.698. The second-order valence-electron chi connectivity index (χ2n) is 5.89. The fourth-order valence-electron chi connectivity index (χ4n) is 2.59. The number of hydrogen-bond donors (Lipinski definition) is 2. The van der Waals surface area contributed by atoms with E-state index in [1.165, 1.54) is 12.1 Å². The standard InChI is InChI=1S/C19H16FN3O4/c20-13-2-1-3-15(7-13)25-10-14-8-16(23-22-14)19(24)21-9-12-4-5-17-18(6-12)27-11-26-17/h1-8H,9-11H2,(H,21,24)(H,22,23). The summed E-state index contributed by atoms with van der Waals surface area (Å²) in [7, 11) is 0. The summed E-state index contributed by atoms with van der Waals surface area (Å²) in [6, 6.07) is 12.9.